The van der Waals surface area contributed by atoms with Crippen LogP contribution in [0.25, 0.3) is 0 Å². The molecule has 3 rings (SSSR count). The van der Waals surface area contributed by atoms with E-state index in [1.165, 1.54) is 30.3 Å². The predicted molar refractivity (Wildman–Crippen MR) is 129 cm³/mol. The Bertz CT molecular complexity index is 1180. The molecule has 10 heteroatoms. The normalized spacial score (nSPS) is 10.2. The first-order valence-electron chi connectivity index (χ1n) is 10.1. The number of para-hydroxylation sites is 2. The first-order chi connectivity index (χ1) is 16.4. The summed E-state index contributed by atoms with van der Waals surface area (Å²) in [6.07, 6.45) is -0.827. The van der Waals surface area contributed by atoms with Crippen LogP contribution in [-0.2, 0) is 9.53 Å². The molecule has 34 heavy (non-hydrogen) atoms. The number of carbonyl (C=O) groups is 3. The van der Waals surface area contributed by atoms with Gasteiger partial charge in [-0.15, -0.1) is 0 Å². The smallest absolute Gasteiger partial charge is 0.482 e. The van der Waals surface area contributed by atoms with Crippen molar-refractivity contribution in [2.75, 3.05) is 23.8 Å². The molecule has 0 unspecified atom stereocenters. The summed E-state index contributed by atoms with van der Waals surface area (Å²) in [5.74, 6) is -0.316. The van der Waals surface area contributed by atoms with Gasteiger partial charge in [0.05, 0.1) is 23.0 Å². The van der Waals surface area contributed by atoms with Crippen molar-refractivity contribution < 1.29 is 28.6 Å². The van der Waals surface area contributed by atoms with E-state index in [4.69, 9.17) is 37.4 Å². The van der Waals surface area contributed by atoms with Crippen molar-refractivity contribution in [3.8, 4) is 11.5 Å². The zero-order chi connectivity index (χ0) is 24.5. The molecule has 0 aromatic heterocycles. The standard InChI is InChI=1S/C24H20Cl2N2O6/c1-2-32-24(31)34-17-10-7-15(8-11-17)23(30)28-20-6-4-3-5-19(20)27-22(29)14-33-21-12-9-16(25)13-18(21)26/h3-13H,2,14H2,1H3,(H,27,29)(H,28,30). The van der Waals surface area contributed by atoms with Crippen LogP contribution in [0.2, 0.25) is 10.0 Å². The molecule has 8 nitrogen and oxygen atoms in total. The van der Waals surface area contributed by atoms with Crippen molar-refractivity contribution in [1.29, 1.82) is 0 Å². The Morgan fingerprint density at radius 1 is 0.882 bits per heavy atom. The molecule has 0 atom stereocenters. The number of nitrogens with one attached hydrogen (secondary N) is 2. The Morgan fingerprint density at radius 3 is 2.21 bits per heavy atom. The summed E-state index contributed by atoms with van der Waals surface area (Å²) >= 11 is 11.9. The second-order valence-electron chi connectivity index (χ2n) is 6.72. The van der Waals surface area contributed by atoms with Gasteiger partial charge in [0.2, 0.25) is 0 Å². The van der Waals surface area contributed by atoms with Crippen LogP contribution in [0.4, 0.5) is 16.2 Å². The lowest BCUT2D eigenvalue weighted by Crippen LogP contribution is -2.22. The molecule has 0 aliphatic heterocycles. The van der Waals surface area contributed by atoms with E-state index in [0.29, 0.717) is 27.7 Å². The first-order valence-corrected chi connectivity index (χ1v) is 10.8. The second-order valence-corrected chi connectivity index (χ2v) is 7.56. The minimum Gasteiger partial charge on any atom is -0.482 e. The average Bonchev–Trinajstić information content (AvgIpc) is 2.80. The van der Waals surface area contributed by atoms with Crippen molar-refractivity contribution in [1.82, 2.24) is 0 Å². The van der Waals surface area contributed by atoms with Crippen molar-refractivity contribution in [2.24, 2.45) is 0 Å². The van der Waals surface area contributed by atoms with Crippen LogP contribution in [0.1, 0.15) is 17.3 Å². The summed E-state index contributed by atoms with van der Waals surface area (Å²) in [7, 11) is 0. The van der Waals surface area contributed by atoms with Crippen molar-refractivity contribution in [3.05, 3.63) is 82.3 Å². The number of rotatable bonds is 8. The van der Waals surface area contributed by atoms with Crippen LogP contribution >= 0.6 is 23.2 Å². The van der Waals surface area contributed by atoms with Gasteiger partial charge in [-0.1, -0.05) is 35.3 Å². The predicted octanol–water partition coefficient (Wildman–Crippen LogP) is 5.80. The zero-order valence-corrected chi connectivity index (χ0v) is 19.5. The topological polar surface area (TPSA) is 103 Å². The number of anilines is 2. The maximum Gasteiger partial charge on any atom is 0.513 e. The van der Waals surface area contributed by atoms with Crippen LogP contribution in [0, 0.1) is 0 Å². The molecule has 0 fully saturated rings. The van der Waals surface area contributed by atoms with E-state index in [2.05, 4.69) is 10.6 Å². The van der Waals surface area contributed by atoms with Gasteiger partial charge in [0.15, 0.2) is 6.61 Å². The number of amides is 2. The van der Waals surface area contributed by atoms with E-state index in [0.717, 1.165) is 0 Å². The highest BCUT2D eigenvalue weighted by atomic mass is 35.5. The highest BCUT2D eigenvalue weighted by Gasteiger charge is 2.13. The molecule has 0 saturated heterocycles. The molecule has 0 spiro atoms. The average molecular weight is 503 g/mol. The highest BCUT2D eigenvalue weighted by Crippen LogP contribution is 2.28. The lowest BCUT2D eigenvalue weighted by Gasteiger charge is -2.13. The summed E-state index contributed by atoms with van der Waals surface area (Å²) in [6, 6.07) is 17.3. The molecular formula is C24H20Cl2N2O6. The molecule has 2 amide bonds. The lowest BCUT2D eigenvalue weighted by atomic mass is 10.2. The molecule has 0 heterocycles. The van der Waals surface area contributed by atoms with Crippen molar-refractivity contribution >= 4 is 52.5 Å². The minimum atomic E-state index is -0.827. The van der Waals surface area contributed by atoms with Crippen LogP contribution in [0.3, 0.4) is 0 Å². The summed E-state index contributed by atoms with van der Waals surface area (Å²) in [4.78, 5) is 36.4. The second kappa shape index (κ2) is 11.9. The molecule has 0 saturated carbocycles. The van der Waals surface area contributed by atoms with E-state index >= 15 is 0 Å². The van der Waals surface area contributed by atoms with Gasteiger partial charge in [0.25, 0.3) is 11.8 Å². The Morgan fingerprint density at radius 2 is 1.56 bits per heavy atom. The fraction of sp³-hybridized carbons (Fsp3) is 0.125. The van der Waals surface area contributed by atoms with E-state index in [1.54, 1.807) is 43.3 Å². The van der Waals surface area contributed by atoms with E-state index < -0.39 is 18.0 Å². The third-order valence-corrected chi connectivity index (χ3v) is 4.81. The third-order valence-electron chi connectivity index (χ3n) is 4.28. The van der Waals surface area contributed by atoms with Gasteiger partial charge in [-0.2, -0.15) is 0 Å². The molecular weight excluding hydrogens is 483 g/mol. The molecule has 176 valence electrons. The van der Waals surface area contributed by atoms with Gasteiger partial charge in [-0.05, 0) is 61.5 Å². The maximum absolute atomic E-state index is 12.7. The quantitative estimate of drug-likeness (QED) is 0.298. The van der Waals surface area contributed by atoms with E-state index in [1.807, 2.05) is 0 Å². The highest BCUT2D eigenvalue weighted by molar-refractivity contribution is 6.35. The van der Waals surface area contributed by atoms with E-state index in [-0.39, 0.29) is 24.0 Å². The van der Waals surface area contributed by atoms with E-state index in [9.17, 15) is 14.4 Å². The van der Waals surface area contributed by atoms with Gasteiger partial charge < -0.3 is 24.8 Å². The molecule has 3 aromatic carbocycles. The monoisotopic (exact) mass is 502 g/mol. The van der Waals surface area contributed by atoms with Gasteiger partial charge in [-0.25, -0.2) is 4.79 Å². The summed E-state index contributed by atoms with van der Waals surface area (Å²) in [5, 5.41) is 6.17. The van der Waals surface area contributed by atoms with Crippen LogP contribution in [0.15, 0.2) is 66.7 Å². The molecule has 0 radical (unpaired) electrons. The summed E-state index contributed by atoms with van der Waals surface area (Å²) < 4.78 is 15.1. The Balaban J connectivity index is 1.60. The number of halogens is 2. The van der Waals surface area contributed by atoms with Crippen LogP contribution in [-0.4, -0.2) is 31.2 Å². The Labute approximate surface area is 205 Å². The largest absolute Gasteiger partial charge is 0.513 e. The molecule has 0 bridgehead atoms. The van der Waals surface area contributed by atoms with Gasteiger partial charge >= 0.3 is 6.16 Å². The molecule has 0 aliphatic carbocycles. The maximum atomic E-state index is 12.7. The van der Waals surface area contributed by atoms with Crippen LogP contribution < -0.4 is 20.1 Å². The van der Waals surface area contributed by atoms with Crippen molar-refractivity contribution in [2.45, 2.75) is 6.92 Å². The fourth-order valence-electron chi connectivity index (χ4n) is 2.74. The lowest BCUT2D eigenvalue weighted by molar-refractivity contribution is -0.118. The summed E-state index contributed by atoms with van der Waals surface area (Å²) in [5.41, 5.74) is 1.09. The number of ether oxygens (including phenoxy) is 3. The van der Waals surface area contributed by atoms with Crippen LogP contribution in [0.5, 0.6) is 11.5 Å². The molecule has 2 N–H and O–H groups in total. The van der Waals surface area contributed by atoms with Gasteiger partial charge in [0, 0.05) is 10.6 Å². The SMILES string of the molecule is CCOC(=O)Oc1ccc(C(=O)Nc2ccccc2NC(=O)COc2ccc(Cl)cc2Cl)cc1. The third kappa shape index (κ3) is 7.13. The number of benzene rings is 3. The fourth-order valence-corrected chi connectivity index (χ4v) is 3.20. The number of hydrogen-bond acceptors (Lipinski definition) is 6. The minimum absolute atomic E-state index is 0.191. The molecule has 3 aromatic rings. The Hall–Kier alpha value is -3.75. The number of hydrogen-bond donors (Lipinski definition) is 2. The number of carbonyl (C=O) groups excluding carboxylic acids is 3. The summed E-state index contributed by atoms with van der Waals surface area (Å²) in [6.45, 7) is 1.55. The van der Waals surface area contributed by atoms with Crippen molar-refractivity contribution in [3.63, 3.8) is 0 Å². The first kappa shape index (κ1) is 24.9. The zero-order valence-electron chi connectivity index (χ0n) is 18.0. The molecule has 0 aliphatic rings. The Kier molecular flexibility index (Phi) is 8.73. The van der Waals surface area contributed by atoms with Gasteiger partial charge in [0.1, 0.15) is 11.5 Å². The van der Waals surface area contributed by atoms with Gasteiger partial charge in [-0.3, -0.25) is 9.59 Å².